The maximum atomic E-state index is 13.4. The van der Waals surface area contributed by atoms with Gasteiger partial charge in [0.25, 0.3) is 0 Å². The highest BCUT2D eigenvalue weighted by atomic mass is 19.1. The van der Waals surface area contributed by atoms with E-state index in [1.54, 1.807) is 0 Å². The molecule has 0 unspecified atom stereocenters. The predicted octanol–water partition coefficient (Wildman–Crippen LogP) is 4.33. The molecule has 2 aromatic carbocycles. The van der Waals surface area contributed by atoms with Crippen LogP contribution in [0.2, 0.25) is 0 Å². The number of aromatic nitrogens is 3. The average Bonchev–Trinajstić information content (AvgIpc) is 3.27. The molecule has 32 heavy (non-hydrogen) atoms. The smallest absolute Gasteiger partial charge is 0.245 e. The van der Waals surface area contributed by atoms with Gasteiger partial charge in [0.05, 0.1) is 6.61 Å². The number of piperidine rings is 1. The van der Waals surface area contributed by atoms with Gasteiger partial charge in [0, 0.05) is 19.0 Å². The molecule has 1 saturated heterocycles. The average molecular weight is 438 g/mol. The van der Waals surface area contributed by atoms with E-state index in [0.29, 0.717) is 37.5 Å². The van der Waals surface area contributed by atoms with E-state index in [2.05, 4.69) is 46.4 Å². The number of aromatic amines is 1. The van der Waals surface area contributed by atoms with Crippen LogP contribution >= 0.6 is 0 Å². The Morgan fingerprint density at radius 1 is 1.03 bits per heavy atom. The zero-order chi connectivity index (χ0) is 22.3. The summed E-state index contributed by atoms with van der Waals surface area (Å²) in [5, 5.41) is 11.1. The minimum absolute atomic E-state index is 0.219. The van der Waals surface area contributed by atoms with Gasteiger partial charge in [0.1, 0.15) is 17.4 Å². The molecule has 0 atom stereocenters. The first-order valence-corrected chi connectivity index (χ1v) is 11.4. The highest BCUT2D eigenvalue weighted by Crippen LogP contribution is 2.22. The van der Waals surface area contributed by atoms with Gasteiger partial charge in [-0.05, 0) is 67.2 Å². The van der Waals surface area contributed by atoms with Crippen molar-refractivity contribution in [2.75, 3.05) is 24.6 Å². The highest BCUT2D eigenvalue weighted by Gasteiger charge is 2.24. The zero-order valence-corrected chi connectivity index (χ0v) is 18.9. The summed E-state index contributed by atoms with van der Waals surface area (Å²) >= 11 is 0. The van der Waals surface area contributed by atoms with Crippen molar-refractivity contribution in [1.29, 1.82) is 0 Å². The van der Waals surface area contributed by atoms with Crippen LogP contribution in [0.1, 0.15) is 43.6 Å². The summed E-state index contributed by atoms with van der Waals surface area (Å²) in [5.74, 6) is 2.70. The molecule has 1 fully saturated rings. The molecule has 0 amide bonds. The number of nitrogens with zero attached hydrogens (tertiary/aromatic N) is 3. The Morgan fingerprint density at radius 2 is 1.72 bits per heavy atom. The molecular formula is C25H32FN5O. The van der Waals surface area contributed by atoms with Crippen molar-refractivity contribution in [2.24, 2.45) is 5.92 Å². The third kappa shape index (κ3) is 6.07. The van der Waals surface area contributed by atoms with E-state index in [9.17, 15) is 4.39 Å². The van der Waals surface area contributed by atoms with Crippen molar-refractivity contribution in [3.8, 4) is 5.75 Å². The lowest BCUT2D eigenvalue weighted by molar-refractivity contribution is 0.271. The Balaban J connectivity index is 1.46. The standard InChI is InChI=1S/C25H32FN5O/c1-18(2)17-32-23-9-5-19(6-10-23)15-24-28-25(30-29-24)31(22-11-13-27-14-12-22)16-20-3-7-21(26)8-4-20/h3-10,18,22,27H,11-17H2,1-2H3,(H,28,29,30). The fourth-order valence-corrected chi connectivity index (χ4v) is 3.92. The summed E-state index contributed by atoms with van der Waals surface area (Å²) in [6.45, 7) is 7.60. The second-order valence-corrected chi connectivity index (χ2v) is 8.84. The van der Waals surface area contributed by atoms with Gasteiger partial charge in [-0.3, -0.25) is 5.10 Å². The molecule has 7 heteroatoms. The number of benzene rings is 2. The minimum Gasteiger partial charge on any atom is -0.493 e. The molecule has 170 valence electrons. The van der Waals surface area contributed by atoms with Crippen LogP contribution in [0.25, 0.3) is 0 Å². The van der Waals surface area contributed by atoms with Gasteiger partial charge < -0.3 is 15.0 Å². The largest absolute Gasteiger partial charge is 0.493 e. The van der Waals surface area contributed by atoms with Crippen molar-refractivity contribution in [3.63, 3.8) is 0 Å². The molecule has 1 aromatic heterocycles. The molecule has 0 radical (unpaired) electrons. The maximum absolute atomic E-state index is 13.4. The number of halogens is 1. The normalized spacial score (nSPS) is 14.6. The molecule has 0 aliphatic carbocycles. The fraction of sp³-hybridized carbons (Fsp3) is 0.440. The van der Waals surface area contributed by atoms with Crippen LogP contribution in [-0.4, -0.2) is 40.9 Å². The first kappa shape index (κ1) is 22.3. The monoisotopic (exact) mass is 437 g/mol. The summed E-state index contributed by atoms with van der Waals surface area (Å²) in [6, 6.07) is 15.2. The van der Waals surface area contributed by atoms with E-state index in [4.69, 9.17) is 9.72 Å². The highest BCUT2D eigenvalue weighted by molar-refractivity contribution is 5.35. The third-order valence-electron chi connectivity index (χ3n) is 5.67. The molecule has 0 bridgehead atoms. The van der Waals surface area contributed by atoms with Crippen molar-refractivity contribution < 1.29 is 9.13 Å². The molecule has 2 N–H and O–H groups in total. The topological polar surface area (TPSA) is 66.1 Å². The second-order valence-electron chi connectivity index (χ2n) is 8.84. The molecule has 0 spiro atoms. The van der Waals surface area contributed by atoms with E-state index in [1.165, 1.54) is 12.1 Å². The van der Waals surface area contributed by atoms with E-state index in [-0.39, 0.29) is 5.82 Å². The van der Waals surface area contributed by atoms with Crippen LogP contribution in [0, 0.1) is 11.7 Å². The number of ether oxygens (including phenoxy) is 1. The molecular weight excluding hydrogens is 405 g/mol. The van der Waals surface area contributed by atoms with Crippen molar-refractivity contribution >= 4 is 5.95 Å². The Kier molecular flexibility index (Phi) is 7.37. The number of anilines is 1. The number of H-pyrrole nitrogens is 1. The van der Waals surface area contributed by atoms with Gasteiger partial charge in [-0.25, -0.2) is 4.39 Å². The van der Waals surface area contributed by atoms with Crippen molar-refractivity contribution in [3.05, 3.63) is 71.3 Å². The quantitative estimate of drug-likeness (QED) is 0.522. The zero-order valence-electron chi connectivity index (χ0n) is 18.9. The first-order chi connectivity index (χ1) is 15.6. The third-order valence-corrected chi connectivity index (χ3v) is 5.67. The van der Waals surface area contributed by atoms with Crippen LogP contribution in [0.15, 0.2) is 48.5 Å². The minimum atomic E-state index is -0.219. The van der Waals surface area contributed by atoms with Crippen molar-refractivity contribution in [2.45, 2.75) is 45.7 Å². The molecule has 3 aromatic rings. The Labute approximate surface area is 189 Å². The molecule has 0 saturated carbocycles. The van der Waals surface area contributed by atoms with Gasteiger partial charge in [0.2, 0.25) is 5.95 Å². The van der Waals surface area contributed by atoms with E-state index in [0.717, 1.165) is 48.6 Å². The summed E-state index contributed by atoms with van der Waals surface area (Å²) in [4.78, 5) is 7.06. The summed E-state index contributed by atoms with van der Waals surface area (Å²) in [5.41, 5.74) is 2.20. The van der Waals surface area contributed by atoms with E-state index >= 15 is 0 Å². The van der Waals surface area contributed by atoms with Crippen LogP contribution in [0.3, 0.4) is 0 Å². The number of hydrogen-bond donors (Lipinski definition) is 2. The second kappa shape index (κ2) is 10.6. The fourth-order valence-electron chi connectivity index (χ4n) is 3.92. The Morgan fingerprint density at radius 3 is 2.41 bits per heavy atom. The lowest BCUT2D eigenvalue weighted by Gasteiger charge is -2.34. The van der Waals surface area contributed by atoms with Gasteiger partial charge in [-0.15, -0.1) is 5.10 Å². The SMILES string of the molecule is CC(C)COc1ccc(Cc2nc(N(Cc3ccc(F)cc3)C3CCNCC3)n[nH]2)cc1. The molecule has 6 nitrogen and oxygen atoms in total. The molecule has 1 aliphatic rings. The maximum Gasteiger partial charge on any atom is 0.245 e. The van der Waals surface area contributed by atoms with Gasteiger partial charge in [0.15, 0.2) is 0 Å². The van der Waals surface area contributed by atoms with Crippen LogP contribution in [-0.2, 0) is 13.0 Å². The van der Waals surface area contributed by atoms with E-state index in [1.807, 2.05) is 24.3 Å². The summed E-state index contributed by atoms with van der Waals surface area (Å²) in [7, 11) is 0. The van der Waals surface area contributed by atoms with Gasteiger partial charge >= 0.3 is 0 Å². The van der Waals surface area contributed by atoms with Gasteiger partial charge in [-0.2, -0.15) is 4.98 Å². The first-order valence-electron chi connectivity index (χ1n) is 11.4. The molecule has 1 aliphatic heterocycles. The number of nitrogens with one attached hydrogen (secondary N) is 2. The summed E-state index contributed by atoms with van der Waals surface area (Å²) in [6.07, 6.45) is 2.74. The number of hydrogen-bond acceptors (Lipinski definition) is 5. The van der Waals surface area contributed by atoms with Crippen molar-refractivity contribution in [1.82, 2.24) is 20.5 Å². The van der Waals surface area contributed by atoms with Gasteiger partial charge in [-0.1, -0.05) is 38.1 Å². The Hall–Kier alpha value is -2.93. The number of rotatable bonds is 9. The molecule has 2 heterocycles. The predicted molar refractivity (Wildman–Crippen MR) is 124 cm³/mol. The van der Waals surface area contributed by atoms with E-state index < -0.39 is 0 Å². The Bertz CT molecular complexity index is 965. The lowest BCUT2D eigenvalue weighted by atomic mass is 10.0. The molecule has 4 rings (SSSR count). The lowest BCUT2D eigenvalue weighted by Crippen LogP contribution is -2.43. The van der Waals surface area contributed by atoms with Crippen LogP contribution in [0.5, 0.6) is 5.75 Å². The summed E-state index contributed by atoms with van der Waals surface area (Å²) < 4.78 is 19.1. The van der Waals surface area contributed by atoms with Crippen LogP contribution in [0.4, 0.5) is 10.3 Å². The van der Waals surface area contributed by atoms with Crippen LogP contribution < -0.4 is 15.0 Å².